The summed E-state index contributed by atoms with van der Waals surface area (Å²) in [6, 6.07) is 18.1. The molecule has 0 radical (unpaired) electrons. The van der Waals surface area contributed by atoms with Gasteiger partial charge in [0.05, 0.1) is 5.92 Å². The van der Waals surface area contributed by atoms with Crippen LogP contribution in [-0.4, -0.2) is 11.6 Å². The predicted octanol–water partition coefficient (Wildman–Crippen LogP) is 4.71. The van der Waals surface area contributed by atoms with E-state index in [1.54, 1.807) is 0 Å². The Bertz CT molecular complexity index is 683. The van der Waals surface area contributed by atoms with Gasteiger partial charge >= 0.3 is 5.97 Å². The second-order valence-electron chi connectivity index (χ2n) is 7.33. The minimum Gasteiger partial charge on any atom is -0.489 e. The zero-order chi connectivity index (χ0) is 17.2. The molecule has 3 heteroatoms. The first-order chi connectivity index (χ1) is 11.4. The molecular weight excluding hydrogens is 300 g/mol. The van der Waals surface area contributed by atoms with Crippen LogP contribution in [-0.2, 0) is 16.1 Å². The molecule has 1 aliphatic carbocycles. The Labute approximate surface area is 143 Å². The minimum absolute atomic E-state index is 0.000289. The van der Waals surface area contributed by atoms with Gasteiger partial charge in [-0.25, -0.2) is 0 Å². The largest absolute Gasteiger partial charge is 0.489 e. The molecule has 24 heavy (non-hydrogen) atoms. The van der Waals surface area contributed by atoms with E-state index in [1.807, 2.05) is 63.2 Å². The van der Waals surface area contributed by atoms with Gasteiger partial charge in [-0.05, 0) is 56.4 Å². The number of esters is 1. The average Bonchev–Trinajstić information content (AvgIpc) is 3.34. The number of ether oxygens (including phenoxy) is 2. The van der Waals surface area contributed by atoms with Crippen LogP contribution in [0.1, 0.15) is 44.2 Å². The molecule has 3 rings (SSSR count). The molecule has 0 amide bonds. The van der Waals surface area contributed by atoms with Crippen molar-refractivity contribution in [2.24, 2.45) is 5.92 Å². The van der Waals surface area contributed by atoms with Crippen LogP contribution in [0, 0.1) is 5.92 Å². The van der Waals surface area contributed by atoms with Gasteiger partial charge in [-0.1, -0.05) is 42.5 Å². The van der Waals surface area contributed by atoms with Gasteiger partial charge in [-0.15, -0.1) is 0 Å². The fraction of sp³-hybridized carbons (Fsp3) is 0.381. The quantitative estimate of drug-likeness (QED) is 0.747. The summed E-state index contributed by atoms with van der Waals surface area (Å²) >= 11 is 0. The second-order valence-corrected chi connectivity index (χ2v) is 7.33. The molecule has 0 aromatic heterocycles. The Morgan fingerprint density at radius 3 is 2.33 bits per heavy atom. The van der Waals surface area contributed by atoms with E-state index < -0.39 is 5.60 Å². The van der Waals surface area contributed by atoms with Crippen LogP contribution in [0.4, 0.5) is 0 Å². The molecule has 2 aromatic carbocycles. The summed E-state index contributed by atoms with van der Waals surface area (Å²) in [6.45, 7) is 6.27. The van der Waals surface area contributed by atoms with Gasteiger partial charge < -0.3 is 9.47 Å². The number of hydrogen-bond donors (Lipinski definition) is 0. The van der Waals surface area contributed by atoms with E-state index in [9.17, 15) is 4.79 Å². The topological polar surface area (TPSA) is 35.5 Å². The van der Waals surface area contributed by atoms with Crippen LogP contribution in [0.5, 0.6) is 5.75 Å². The zero-order valence-electron chi connectivity index (χ0n) is 14.5. The molecule has 1 fully saturated rings. The summed E-state index contributed by atoms with van der Waals surface area (Å²) in [4.78, 5) is 12.1. The molecule has 0 spiro atoms. The van der Waals surface area contributed by atoms with Crippen molar-refractivity contribution in [2.45, 2.75) is 45.3 Å². The lowest BCUT2D eigenvalue weighted by atomic mass is 10.1. The van der Waals surface area contributed by atoms with Crippen LogP contribution in [0.3, 0.4) is 0 Å². The maximum atomic E-state index is 12.1. The summed E-state index contributed by atoms with van der Waals surface area (Å²) in [7, 11) is 0. The van der Waals surface area contributed by atoms with Crippen LogP contribution < -0.4 is 4.74 Å². The molecule has 126 valence electrons. The van der Waals surface area contributed by atoms with Gasteiger partial charge in [0.25, 0.3) is 0 Å². The van der Waals surface area contributed by atoms with Crippen LogP contribution in [0.25, 0.3) is 0 Å². The lowest BCUT2D eigenvalue weighted by Gasteiger charge is -2.19. The Morgan fingerprint density at radius 1 is 1.04 bits per heavy atom. The summed E-state index contributed by atoms with van der Waals surface area (Å²) in [6.07, 6.45) is 0.874. The van der Waals surface area contributed by atoms with E-state index in [0.29, 0.717) is 6.61 Å². The monoisotopic (exact) mass is 324 g/mol. The molecule has 1 saturated carbocycles. The second kappa shape index (κ2) is 6.68. The van der Waals surface area contributed by atoms with Crippen LogP contribution in [0.15, 0.2) is 54.6 Å². The highest BCUT2D eigenvalue weighted by Gasteiger charge is 2.46. The van der Waals surface area contributed by atoms with E-state index >= 15 is 0 Å². The number of carbonyl (C=O) groups is 1. The molecule has 2 unspecified atom stereocenters. The fourth-order valence-electron chi connectivity index (χ4n) is 2.75. The molecule has 0 saturated heterocycles. The van der Waals surface area contributed by atoms with Crippen molar-refractivity contribution >= 4 is 5.97 Å². The highest BCUT2D eigenvalue weighted by Crippen LogP contribution is 2.48. The third-order valence-corrected chi connectivity index (χ3v) is 4.06. The molecule has 2 atom stereocenters. The SMILES string of the molecule is CC(C)(C)OC(=O)C1CC1c1ccc(OCc2ccccc2)cc1. The first-order valence-corrected chi connectivity index (χ1v) is 8.42. The van der Waals surface area contributed by atoms with E-state index in [-0.39, 0.29) is 17.8 Å². The molecule has 2 aromatic rings. The average molecular weight is 324 g/mol. The van der Waals surface area contributed by atoms with Crippen molar-refractivity contribution in [3.63, 3.8) is 0 Å². The Morgan fingerprint density at radius 2 is 1.71 bits per heavy atom. The molecule has 0 heterocycles. The lowest BCUT2D eigenvalue weighted by Crippen LogP contribution is -2.25. The van der Waals surface area contributed by atoms with Crippen LogP contribution >= 0.6 is 0 Å². The third kappa shape index (κ3) is 4.38. The van der Waals surface area contributed by atoms with Gasteiger partial charge in [0.15, 0.2) is 0 Å². The summed E-state index contributed by atoms with van der Waals surface area (Å²) in [5.74, 6) is 1.04. The Hall–Kier alpha value is -2.29. The fourth-order valence-corrected chi connectivity index (χ4v) is 2.75. The van der Waals surface area contributed by atoms with Crippen molar-refractivity contribution in [2.75, 3.05) is 0 Å². The van der Waals surface area contributed by atoms with E-state index in [2.05, 4.69) is 12.1 Å². The minimum atomic E-state index is -0.417. The summed E-state index contributed by atoms with van der Waals surface area (Å²) in [5.41, 5.74) is 1.91. The van der Waals surface area contributed by atoms with Crippen LogP contribution in [0.2, 0.25) is 0 Å². The highest BCUT2D eigenvalue weighted by atomic mass is 16.6. The molecule has 0 aliphatic heterocycles. The molecule has 0 bridgehead atoms. The molecular formula is C21H24O3. The third-order valence-electron chi connectivity index (χ3n) is 4.06. The first-order valence-electron chi connectivity index (χ1n) is 8.42. The van der Waals surface area contributed by atoms with E-state index in [1.165, 1.54) is 5.56 Å². The number of carbonyl (C=O) groups excluding carboxylic acids is 1. The molecule has 1 aliphatic rings. The smallest absolute Gasteiger partial charge is 0.310 e. The van der Waals surface area contributed by atoms with Gasteiger partial charge in [0.1, 0.15) is 18.0 Å². The van der Waals surface area contributed by atoms with Crippen molar-refractivity contribution in [1.29, 1.82) is 0 Å². The Balaban J connectivity index is 1.53. The van der Waals surface area contributed by atoms with E-state index in [4.69, 9.17) is 9.47 Å². The van der Waals surface area contributed by atoms with Crippen molar-refractivity contribution < 1.29 is 14.3 Å². The Kier molecular flexibility index (Phi) is 4.61. The van der Waals surface area contributed by atoms with Crippen molar-refractivity contribution in [1.82, 2.24) is 0 Å². The molecule has 3 nitrogen and oxygen atoms in total. The number of rotatable bonds is 5. The first kappa shape index (κ1) is 16.6. The van der Waals surface area contributed by atoms with Crippen molar-refractivity contribution in [3.8, 4) is 5.75 Å². The lowest BCUT2D eigenvalue weighted by molar-refractivity contribution is -0.156. The summed E-state index contributed by atoms with van der Waals surface area (Å²) < 4.78 is 11.3. The highest BCUT2D eigenvalue weighted by molar-refractivity contribution is 5.77. The van der Waals surface area contributed by atoms with Gasteiger partial charge in [0, 0.05) is 0 Å². The maximum Gasteiger partial charge on any atom is 0.310 e. The zero-order valence-corrected chi connectivity index (χ0v) is 14.5. The molecule has 0 N–H and O–H groups in total. The van der Waals surface area contributed by atoms with E-state index in [0.717, 1.165) is 17.7 Å². The predicted molar refractivity (Wildman–Crippen MR) is 93.9 cm³/mol. The number of benzene rings is 2. The van der Waals surface area contributed by atoms with Gasteiger partial charge in [-0.3, -0.25) is 4.79 Å². The normalized spacial score (nSPS) is 19.6. The van der Waals surface area contributed by atoms with Crippen molar-refractivity contribution in [3.05, 3.63) is 65.7 Å². The summed E-state index contributed by atoms with van der Waals surface area (Å²) in [5, 5.41) is 0. The number of hydrogen-bond acceptors (Lipinski definition) is 3. The maximum absolute atomic E-state index is 12.1. The van der Waals surface area contributed by atoms with Gasteiger partial charge in [-0.2, -0.15) is 0 Å². The standard InChI is InChI=1S/C21H24O3/c1-21(2,3)24-20(22)19-13-18(19)16-9-11-17(12-10-16)23-14-15-7-5-4-6-8-15/h4-12,18-19H,13-14H2,1-3H3. The van der Waals surface area contributed by atoms with Gasteiger partial charge in [0.2, 0.25) is 0 Å².